The molecule has 4 atom stereocenters. The highest BCUT2D eigenvalue weighted by molar-refractivity contribution is 7.92. The molecule has 0 heterocycles. The summed E-state index contributed by atoms with van der Waals surface area (Å²) in [5, 5.41) is -0.819. The first kappa shape index (κ1) is 15.5. The van der Waals surface area contributed by atoms with Gasteiger partial charge >= 0.3 is 0 Å². The van der Waals surface area contributed by atoms with Crippen LogP contribution in [0.2, 0.25) is 0 Å². The van der Waals surface area contributed by atoms with Gasteiger partial charge in [-0.2, -0.15) is 0 Å². The lowest BCUT2D eigenvalue weighted by Gasteiger charge is -2.36. The largest absolute Gasteiger partial charge is 0.323 e. The molecule has 4 unspecified atom stereocenters. The Kier molecular flexibility index (Phi) is 4.26. The zero-order valence-electron chi connectivity index (χ0n) is 12.7. The molecule has 1 aliphatic rings. The third-order valence-electron chi connectivity index (χ3n) is 4.75. The minimum atomic E-state index is -3.21. The minimum absolute atomic E-state index is 0.111. The van der Waals surface area contributed by atoms with E-state index in [0.717, 1.165) is 5.56 Å². The van der Waals surface area contributed by atoms with Gasteiger partial charge in [-0.15, -0.1) is 0 Å². The van der Waals surface area contributed by atoms with E-state index in [9.17, 15) is 8.42 Å². The van der Waals surface area contributed by atoms with Crippen LogP contribution in [0.25, 0.3) is 0 Å². The summed E-state index contributed by atoms with van der Waals surface area (Å²) in [6.07, 6.45) is 0.623. The van der Waals surface area contributed by atoms with Gasteiger partial charge in [-0.3, -0.25) is 0 Å². The molecule has 0 radical (unpaired) electrons. The molecule has 0 aromatic heterocycles. The van der Waals surface area contributed by atoms with Gasteiger partial charge < -0.3 is 5.73 Å². The molecule has 20 heavy (non-hydrogen) atoms. The molecule has 0 aliphatic heterocycles. The van der Waals surface area contributed by atoms with Crippen molar-refractivity contribution in [2.24, 2.45) is 11.7 Å². The number of benzene rings is 1. The lowest BCUT2D eigenvalue weighted by molar-refractivity contribution is 0.470. The van der Waals surface area contributed by atoms with Crippen LogP contribution in [-0.4, -0.2) is 18.9 Å². The third-order valence-corrected chi connectivity index (χ3v) is 7.66. The standard InChI is InChI=1S/C16H25NO2S/c1-10(2)12(4)20(18,19)15-9-11(3)13-7-5-6-8-14(13)16(15)17/h5-8,10-12,15-16H,9,17H2,1-4H3. The molecule has 2 rings (SSSR count). The second-order valence-corrected chi connectivity index (χ2v) is 8.90. The zero-order chi connectivity index (χ0) is 15.1. The minimum Gasteiger partial charge on any atom is -0.323 e. The maximum absolute atomic E-state index is 12.8. The van der Waals surface area contributed by atoms with Crippen LogP contribution in [-0.2, 0) is 9.84 Å². The van der Waals surface area contributed by atoms with E-state index in [4.69, 9.17) is 5.73 Å². The SMILES string of the molecule is CC1CC(S(=O)(=O)C(C)C(C)C)C(N)c2ccccc21. The smallest absolute Gasteiger partial charge is 0.157 e. The maximum Gasteiger partial charge on any atom is 0.157 e. The van der Waals surface area contributed by atoms with Crippen LogP contribution in [0.5, 0.6) is 0 Å². The Morgan fingerprint density at radius 3 is 2.25 bits per heavy atom. The van der Waals surface area contributed by atoms with Gasteiger partial charge in [-0.1, -0.05) is 45.0 Å². The lowest BCUT2D eigenvalue weighted by Crippen LogP contribution is -2.43. The molecule has 112 valence electrons. The molecule has 1 aromatic rings. The van der Waals surface area contributed by atoms with Gasteiger partial charge in [0.15, 0.2) is 9.84 Å². The van der Waals surface area contributed by atoms with Crippen molar-refractivity contribution in [3.63, 3.8) is 0 Å². The van der Waals surface area contributed by atoms with E-state index in [1.807, 2.05) is 32.0 Å². The van der Waals surface area contributed by atoms with Gasteiger partial charge in [0.1, 0.15) is 0 Å². The van der Waals surface area contributed by atoms with Crippen molar-refractivity contribution in [3.8, 4) is 0 Å². The molecule has 0 saturated heterocycles. The van der Waals surface area contributed by atoms with E-state index in [-0.39, 0.29) is 17.1 Å². The van der Waals surface area contributed by atoms with Gasteiger partial charge in [0.2, 0.25) is 0 Å². The molecular formula is C16H25NO2S. The van der Waals surface area contributed by atoms with E-state index < -0.39 is 21.1 Å². The molecule has 2 N–H and O–H groups in total. The summed E-state index contributed by atoms with van der Waals surface area (Å²) < 4.78 is 25.6. The highest BCUT2D eigenvalue weighted by Gasteiger charge is 2.41. The fraction of sp³-hybridized carbons (Fsp3) is 0.625. The predicted octanol–water partition coefficient (Wildman–Crippen LogP) is 3.02. The fourth-order valence-electron chi connectivity index (χ4n) is 3.08. The van der Waals surface area contributed by atoms with Crippen LogP contribution < -0.4 is 5.73 Å². The Bertz CT molecular complexity index is 580. The quantitative estimate of drug-likeness (QED) is 0.932. The van der Waals surface area contributed by atoms with Crippen LogP contribution in [0.4, 0.5) is 0 Å². The highest BCUT2D eigenvalue weighted by Crippen LogP contribution is 2.40. The molecule has 1 aliphatic carbocycles. The molecule has 0 spiro atoms. The fourth-order valence-corrected chi connectivity index (χ4v) is 5.50. The number of fused-ring (bicyclic) bond motifs is 1. The molecule has 3 nitrogen and oxygen atoms in total. The Labute approximate surface area is 122 Å². The summed E-state index contributed by atoms with van der Waals surface area (Å²) >= 11 is 0. The van der Waals surface area contributed by atoms with Gasteiger partial charge in [0.25, 0.3) is 0 Å². The summed E-state index contributed by atoms with van der Waals surface area (Å²) in [4.78, 5) is 0. The first-order chi connectivity index (χ1) is 9.26. The molecule has 0 bridgehead atoms. The van der Waals surface area contributed by atoms with E-state index in [1.165, 1.54) is 5.56 Å². The number of nitrogens with two attached hydrogens (primary N) is 1. The monoisotopic (exact) mass is 295 g/mol. The van der Waals surface area contributed by atoms with Crippen LogP contribution in [0.3, 0.4) is 0 Å². The summed E-state index contributed by atoms with van der Waals surface area (Å²) in [6.45, 7) is 7.80. The lowest BCUT2D eigenvalue weighted by atomic mass is 9.81. The van der Waals surface area contributed by atoms with Crippen molar-refractivity contribution in [2.45, 2.75) is 56.6 Å². The van der Waals surface area contributed by atoms with Crippen molar-refractivity contribution in [3.05, 3.63) is 35.4 Å². The molecule has 0 fully saturated rings. The number of hydrogen-bond acceptors (Lipinski definition) is 3. The van der Waals surface area contributed by atoms with Crippen molar-refractivity contribution < 1.29 is 8.42 Å². The Balaban J connectivity index is 2.42. The summed E-state index contributed by atoms with van der Waals surface area (Å²) in [7, 11) is -3.21. The topological polar surface area (TPSA) is 60.2 Å². The first-order valence-corrected chi connectivity index (χ1v) is 8.94. The van der Waals surface area contributed by atoms with Gasteiger partial charge in [0.05, 0.1) is 10.5 Å². The van der Waals surface area contributed by atoms with Crippen molar-refractivity contribution in [2.75, 3.05) is 0 Å². The van der Waals surface area contributed by atoms with Crippen LogP contribution in [0.1, 0.15) is 57.2 Å². The summed E-state index contributed by atoms with van der Waals surface area (Å²) in [6, 6.07) is 7.56. The molecule has 4 heteroatoms. The number of sulfone groups is 1. The summed E-state index contributed by atoms with van der Waals surface area (Å²) in [5.74, 6) is 0.352. The molecule has 0 amide bonds. The average Bonchev–Trinajstić information content (AvgIpc) is 2.41. The Hall–Kier alpha value is -0.870. The Morgan fingerprint density at radius 2 is 1.70 bits per heavy atom. The second-order valence-electron chi connectivity index (χ2n) is 6.37. The highest BCUT2D eigenvalue weighted by atomic mass is 32.2. The normalized spacial score (nSPS) is 28.2. The maximum atomic E-state index is 12.8. The van der Waals surface area contributed by atoms with Crippen LogP contribution >= 0.6 is 0 Å². The zero-order valence-corrected chi connectivity index (χ0v) is 13.5. The average molecular weight is 295 g/mol. The van der Waals surface area contributed by atoms with Crippen molar-refractivity contribution in [1.29, 1.82) is 0 Å². The van der Waals surface area contributed by atoms with E-state index in [0.29, 0.717) is 6.42 Å². The summed E-state index contributed by atoms with van der Waals surface area (Å²) in [5.41, 5.74) is 8.49. The molecular weight excluding hydrogens is 270 g/mol. The van der Waals surface area contributed by atoms with Gasteiger partial charge in [0, 0.05) is 6.04 Å². The first-order valence-electron chi connectivity index (χ1n) is 7.34. The Morgan fingerprint density at radius 1 is 1.15 bits per heavy atom. The molecule has 0 saturated carbocycles. The number of rotatable bonds is 3. The molecule has 1 aromatic carbocycles. The van der Waals surface area contributed by atoms with Crippen molar-refractivity contribution in [1.82, 2.24) is 0 Å². The van der Waals surface area contributed by atoms with Crippen molar-refractivity contribution >= 4 is 9.84 Å². The van der Waals surface area contributed by atoms with E-state index >= 15 is 0 Å². The van der Waals surface area contributed by atoms with Gasteiger partial charge in [-0.05, 0) is 36.3 Å². The third kappa shape index (κ3) is 2.51. The number of hydrogen-bond donors (Lipinski definition) is 1. The van der Waals surface area contributed by atoms with Crippen LogP contribution in [0, 0.1) is 5.92 Å². The predicted molar refractivity (Wildman–Crippen MR) is 83.4 cm³/mol. The van der Waals surface area contributed by atoms with E-state index in [2.05, 4.69) is 13.0 Å². The second kappa shape index (κ2) is 5.49. The van der Waals surface area contributed by atoms with Gasteiger partial charge in [-0.25, -0.2) is 8.42 Å². The van der Waals surface area contributed by atoms with Crippen LogP contribution in [0.15, 0.2) is 24.3 Å². The van der Waals surface area contributed by atoms with E-state index in [1.54, 1.807) is 6.92 Å².